The first-order chi connectivity index (χ1) is 4.91. The van der Waals surface area contributed by atoms with E-state index in [0.717, 1.165) is 0 Å². The Morgan fingerprint density at radius 3 is 1.30 bits per heavy atom. The summed E-state index contributed by atoms with van der Waals surface area (Å²) in [4.78, 5) is 0. The number of unbranched alkanes of at least 4 members (excludes halogenated alkanes) is 1. The summed E-state index contributed by atoms with van der Waals surface area (Å²) in [5, 5.41) is 0. The van der Waals surface area contributed by atoms with Gasteiger partial charge < -0.3 is 0 Å². The second-order valence-electron chi connectivity index (χ2n) is 1.72. The largest absolute Gasteiger partial charge is 0.0917 e. The standard InChI is InChI=1S/C8H14.C2H6/c1-3-5-7-8-6-4-2;1-2/h3-6H,7-8H2,1-2H3;1-2H3/b5-3-,6-4+;. The Kier molecular flexibility index (Phi) is 19.3. The molecule has 0 spiro atoms. The van der Waals surface area contributed by atoms with Gasteiger partial charge in [-0.1, -0.05) is 38.2 Å². The Balaban J connectivity index is 0. The Labute approximate surface area is 65.7 Å². The van der Waals surface area contributed by atoms with E-state index in [-0.39, 0.29) is 0 Å². The molecule has 0 amide bonds. The molecule has 0 N–H and O–H groups in total. The van der Waals surface area contributed by atoms with E-state index in [2.05, 4.69) is 38.2 Å². The monoisotopic (exact) mass is 140 g/mol. The molecule has 0 heteroatoms. The molecule has 0 fully saturated rings. The minimum absolute atomic E-state index is 1.18. The van der Waals surface area contributed by atoms with Crippen LogP contribution in [0, 0.1) is 0 Å². The van der Waals surface area contributed by atoms with Gasteiger partial charge in [0.1, 0.15) is 0 Å². The van der Waals surface area contributed by atoms with Gasteiger partial charge in [0.25, 0.3) is 0 Å². The van der Waals surface area contributed by atoms with Gasteiger partial charge in [-0.3, -0.25) is 0 Å². The van der Waals surface area contributed by atoms with Crippen molar-refractivity contribution in [2.24, 2.45) is 0 Å². The molecule has 0 aromatic rings. The van der Waals surface area contributed by atoms with Crippen LogP contribution >= 0.6 is 0 Å². The fourth-order valence-electron chi connectivity index (χ4n) is 0.526. The smallest absolute Gasteiger partial charge is 0.0316 e. The number of hydrogen-bond donors (Lipinski definition) is 0. The van der Waals surface area contributed by atoms with Crippen LogP contribution in [0.15, 0.2) is 24.3 Å². The summed E-state index contributed by atoms with van der Waals surface area (Å²) in [5.74, 6) is 0. The molecule has 0 atom stereocenters. The second-order valence-corrected chi connectivity index (χ2v) is 1.72. The molecule has 0 saturated carbocycles. The molecule has 0 aromatic carbocycles. The van der Waals surface area contributed by atoms with E-state index in [1.807, 2.05) is 13.8 Å². The van der Waals surface area contributed by atoms with Gasteiger partial charge in [-0.15, -0.1) is 0 Å². The van der Waals surface area contributed by atoms with E-state index in [1.54, 1.807) is 0 Å². The first kappa shape index (κ1) is 12.2. The lowest BCUT2D eigenvalue weighted by Crippen LogP contribution is -1.60. The molecule has 0 nitrogen and oxygen atoms in total. The minimum Gasteiger partial charge on any atom is -0.0917 e. The molecule has 0 rings (SSSR count). The summed E-state index contributed by atoms with van der Waals surface area (Å²) < 4.78 is 0. The first-order valence-corrected chi connectivity index (χ1v) is 4.14. The van der Waals surface area contributed by atoms with Gasteiger partial charge in [-0.05, 0) is 26.7 Å². The van der Waals surface area contributed by atoms with Gasteiger partial charge in [0.2, 0.25) is 0 Å². The molecule has 0 bridgehead atoms. The van der Waals surface area contributed by atoms with E-state index in [0.29, 0.717) is 0 Å². The van der Waals surface area contributed by atoms with Gasteiger partial charge in [0.15, 0.2) is 0 Å². The molecule has 0 unspecified atom stereocenters. The van der Waals surface area contributed by atoms with E-state index in [1.165, 1.54) is 12.8 Å². The lowest BCUT2D eigenvalue weighted by Gasteiger charge is -1.81. The lowest BCUT2D eigenvalue weighted by molar-refractivity contribution is 1.05. The summed E-state index contributed by atoms with van der Waals surface area (Å²) in [6.07, 6.45) is 10.9. The zero-order valence-corrected chi connectivity index (χ0v) is 7.72. The molecule has 10 heavy (non-hydrogen) atoms. The van der Waals surface area contributed by atoms with Crippen LogP contribution in [0.5, 0.6) is 0 Å². The maximum absolute atomic E-state index is 2.18. The van der Waals surface area contributed by atoms with E-state index in [9.17, 15) is 0 Å². The van der Waals surface area contributed by atoms with Crippen LogP contribution in [-0.4, -0.2) is 0 Å². The molecule has 0 aromatic heterocycles. The predicted molar refractivity (Wildman–Crippen MR) is 50.2 cm³/mol. The highest BCUT2D eigenvalue weighted by Gasteiger charge is 1.70. The summed E-state index contributed by atoms with van der Waals surface area (Å²) in [5.41, 5.74) is 0. The highest BCUT2D eigenvalue weighted by Crippen LogP contribution is 1.90. The Morgan fingerprint density at radius 2 is 1.10 bits per heavy atom. The van der Waals surface area contributed by atoms with Gasteiger partial charge >= 0.3 is 0 Å². The Hall–Kier alpha value is -0.520. The molecular weight excluding hydrogens is 120 g/mol. The molecule has 60 valence electrons. The van der Waals surface area contributed by atoms with E-state index in [4.69, 9.17) is 0 Å². The third-order valence-electron chi connectivity index (χ3n) is 0.971. The molecule has 0 aliphatic heterocycles. The number of hydrogen-bond acceptors (Lipinski definition) is 0. The molecular formula is C10H20. The van der Waals surface area contributed by atoms with Crippen molar-refractivity contribution in [3.63, 3.8) is 0 Å². The van der Waals surface area contributed by atoms with Crippen LogP contribution < -0.4 is 0 Å². The predicted octanol–water partition coefficient (Wildman–Crippen LogP) is 3.95. The average Bonchev–Trinajstić information content (AvgIpc) is 2.02. The zero-order valence-electron chi connectivity index (χ0n) is 7.72. The van der Waals surface area contributed by atoms with Crippen LogP contribution in [-0.2, 0) is 0 Å². The molecule has 0 aliphatic carbocycles. The molecule has 0 radical (unpaired) electrons. The lowest BCUT2D eigenvalue weighted by atomic mass is 10.3. The van der Waals surface area contributed by atoms with Crippen LogP contribution in [0.4, 0.5) is 0 Å². The fourth-order valence-corrected chi connectivity index (χ4v) is 0.526. The highest BCUT2D eigenvalue weighted by molar-refractivity contribution is 4.83. The third kappa shape index (κ3) is 15.6. The Bertz CT molecular complexity index is 66.0. The van der Waals surface area contributed by atoms with Crippen molar-refractivity contribution in [2.75, 3.05) is 0 Å². The van der Waals surface area contributed by atoms with Crippen molar-refractivity contribution in [1.82, 2.24) is 0 Å². The average molecular weight is 140 g/mol. The summed E-state index contributed by atoms with van der Waals surface area (Å²) >= 11 is 0. The first-order valence-electron chi connectivity index (χ1n) is 4.14. The van der Waals surface area contributed by atoms with E-state index < -0.39 is 0 Å². The van der Waals surface area contributed by atoms with Crippen molar-refractivity contribution in [3.8, 4) is 0 Å². The van der Waals surface area contributed by atoms with Crippen molar-refractivity contribution >= 4 is 0 Å². The van der Waals surface area contributed by atoms with Crippen LogP contribution in [0.1, 0.15) is 40.5 Å². The SMILES string of the molecule is C/C=C\CC/C=C/C.CC. The topological polar surface area (TPSA) is 0 Å². The number of allylic oxidation sites excluding steroid dienone is 4. The van der Waals surface area contributed by atoms with Crippen LogP contribution in [0.3, 0.4) is 0 Å². The maximum Gasteiger partial charge on any atom is -0.0316 e. The van der Waals surface area contributed by atoms with Gasteiger partial charge in [0, 0.05) is 0 Å². The maximum atomic E-state index is 2.18. The second kappa shape index (κ2) is 15.8. The van der Waals surface area contributed by atoms with Crippen molar-refractivity contribution in [3.05, 3.63) is 24.3 Å². The molecule has 0 heterocycles. The van der Waals surface area contributed by atoms with Crippen molar-refractivity contribution in [1.29, 1.82) is 0 Å². The highest BCUT2D eigenvalue weighted by atomic mass is 13.8. The fraction of sp³-hybridized carbons (Fsp3) is 0.600. The molecule has 0 aliphatic rings. The van der Waals surface area contributed by atoms with E-state index >= 15 is 0 Å². The summed E-state index contributed by atoms with van der Waals surface area (Å²) in [7, 11) is 0. The van der Waals surface area contributed by atoms with Gasteiger partial charge in [-0.2, -0.15) is 0 Å². The minimum atomic E-state index is 1.18. The Morgan fingerprint density at radius 1 is 0.800 bits per heavy atom. The van der Waals surface area contributed by atoms with Crippen LogP contribution in [0.25, 0.3) is 0 Å². The van der Waals surface area contributed by atoms with Gasteiger partial charge in [0.05, 0.1) is 0 Å². The summed E-state index contributed by atoms with van der Waals surface area (Å²) in [6, 6.07) is 0. The zero-order chi connectivity index (χ0) is 8.24. The van der Waals surface area contributed by atoms with Crippen molar-refractivity contribution < 1.29 is 0 Å². The normalized spacial score (nSPS) is 10.0. The van der Waals surface area contributed by atoms with Gasteiger partial charge in [-0.25, -0.2) is 0 Å². The van der Waals surface area contributed by atoms with Crippen LogP contribution in [0.2, 0.25) is 0 Å². The quantitative estimate of drug-likeness (QED) is 0.411. The number of rotatable bonds is 3. The van der Waals surface area contributed by atoms with Crippen molar-refractivity contribution in [2.45, 2.75) is 40.5 Å². The summed E-state index contributed by atoms with van der Waals surface area (Å²) in [6.45, 7) is 8.10. The molecule has 0 saturated heterocycles. The third-order valence-corrected chi connectivity index (χ3v) is 0.971.